The lowest BCUT2D eigenvalue weighted by Crippen LogP contribution is -2.07. The van der Waals surface area contributed by atoms with Gasteiger partial charge in [-0.1, -0.05) is 12.1 Å². The van der Waals surface area contributed by atoms with E-state index in [9.17, 15) is 9.18 Å². The van der Waals surface area contributed by atoms with Gasteiger partial charge in [0.25, 0.3) is 0 Å². The number of carbonyl (C=O) groups excluding carboxylic acids is 1. The standard InChI is InChI=1S/C18H18FN3O2S/c1-3-24-18(23)15-11(2)14-16(21-10-22-17(14)25-15)20-9-8-12-4-6-13(19)7-5-12/h4-7,10H,3,8-9H2,1-2H3,(H,20,21,22). The van der Waals surface area contributed by atoms with Crippen LogP contribution in [0.3, 0.4) is 0 Å². The van der Waals surface area contributed by atoms with Crippen molar-refractivity contribution in [1.29, 1.82) is 0 Å². The van der Waals surface area contributed by atoms with Crippen molar-refractivity contribution in [3.05, 3.63) is 52.4 Å². The molecular formula is C18H18FN3O2S. The molecule has 0 amide bonds. The molecule has 0 saturated carbocycles. The third-order valence-electron chi connectivity index (χ3n) is 3.81. The number of halogens is 1. The molecule has 0 aliphatic rings. The van der Waals surface area contributed by atoms with Gasteiger partial charge in [-0.3, -0.25) is 0 Å². The molecule has 5 nitrogen and oxygen atoms in total. The van der Waals surface area contributed by atoms with Crippen LogP contribution in [0.1, 0.15) is 27.7 Å². The second kappa shape index (κ2) is 7.57. The summed E-state index contributed by atoms with van der Waals surface area (Å²) in [4.78, 5) is 21.9. The molecule has 0 atom stereocenters. The van der Waals surface area contributed by atoms with E-state index in [0.717, 1.165) is 27.8 Å². The van der Waals surface area contributed by atoms with Crippen molar-refractivity contribution in [3.63, 3.8) is 0 Å². The van der Waals surface area contributed by atoms with Gasteiger partial charge in [0, 0.05) is 6.54 Å². The Morgan fingerprint density at radius 2 is 2.04 bits per heavy atom. The second-order valence-electron chi connectivity index (χ2n) is 5.48. The number of esters is 1. The van der Waals surface area contributed by atoms with Crippen LogP contribution < -0.4 is 5.32 Å². The summed E-state index contributed by atoms with van der Waals surface area (Å²) in [5, 5.41) is 4.13. The van der Waals surface area contributed by atoms with Crippen LogP contribution >= 0.6 is 11.3 Å². The van der Waals surface area contributed by atoms with Gasteiger partial charge in [0.15, 0.2) is 0 Å². The molecule has 2 aromatic heterocycles. The van der Waals surface area contributed by atoms with Gasteiger partial charge in [-0.05, 0) is 43.5 Å². The van der Waals surface area contributed by atoms with Gasteiger partial charge < -0.3 is 10.1 Å². The molecule has 0 radical (unpaired) electrons. The van der Waals surface area contributed by atoms with E-state index < -0.39 is 0 Å². The van der Waals surface area contributed by atoms with Gasteiger partial charge in [0.05, 0.1) is 12.0 Å². The SMILES string of the molecule is CCOC(=O)c1sc2ncnc(NCCc3ccc(F)cc3)c2c1C. The van der Waals surface area contributed by atoms with E-state index in [1.54, 1.807) is 19.1 Å². The van der Waals surface area contributed by atoms with Crippen LogP contribution in [0.25, 0.3) is 10.2 Å². The normalized spacial score (nSPS) is 10.8. The first-order valence-corrected chi connectivity index (χ1v) is 8.81. The Kier molecular flexibility index (Phi) is 5.23. The number of ether oxygens (including phenoxy) is 1. The number of hydrogen-bond acceptors (Lipinski definition) is 6. The highest BCUT2D eigenvalue weighted by molar-refractivity contribution is 7.20. The quantitative estimate of drug-likeness (QED) is 0.675. The van der Waals surface area contributed by atoms with Gasteiger partial charge in [0.1, 0.15) is 27.7 Å². The molecule has 130 valence electrons. The fourth-order valence-electron chi connectivity index (χ4n) is 2.57. The molecule has 1 N–H and O–H groups in total. The summed E-state index contributed by atoms with van der Waals surface area (Å²) in [7, 11) is 0. The number of thiophene rings is 1. The smallest absolute Gasteiger partial charge is 0.348 e. The van der Waals surface area contributed by atoms with Crippen LogP contribution in [0.5, 0.6) is 0 Å². The number of anilines is 1. The molecule has 0 unspecified atom stereocenters. The van der Waals surface area contributed by atoms with Gasteiger partial charge in [-0.25, -0.2) is 19.2 Å². The van der Waals surface area contributed by atoms with E-state index in [1.165, 1.54) is 29.8 Å². The molecule has 0 bridgehead atoms. The Balaban J connectivity index is 1.79. The predicted octanol–water partition coefficient (Wildman–Crippen LogP) is 3.97. The van der Waals surface area contributed by atoms with Gasteiger partial charge in [-0.15, -0.1) is 11.3 Å². The number of rotatable bonds is 6. The summed E-state index contributed by atoms with van der Waals surface area (Å²) in [5.41, 5.74) is 1.86. The minimum Gasteiger partial charge on any atom is -0.462 e. The lowest BCUT2D eigenvalue weighted by Gasteiger charge is -2.07. The molecule has 0 aliphatic carbocycles. The minimum atomic E-state index is -0.333. The largest absolute Gasteiger partial charge is 0.462 e. The van der Waals surface area contributed by atoms with Crippen molar-refractivity contribution in [2.24, 2.45) is 0 Å². The number of nitrogens with zero attached hydrogens (tertiary/aromatic N) is 2. The van der Waals surface area contributed by atoms with E-state index >= 15 is 0 Å². The van der Waals surface area contributed by atoms with E-state index in [0.29, 0.717) is 23.8 Å². The summed E-state index contributed by atoms with van der Waals surface area (Å²) in [6.07, 6.45) is 2.22. The maximum atomic E-state index is 12.9. The minimum absolute atomic E-state index is 0.241. The Bertz CT molecular complexity index is 893. The first-order valence-electron chi connectivity index (χ1n) is 7.99. The van der Waals surface area contributed by atoms with Crippen molar-refractivity contribution < 1.29 is 13.9 Å². The molecular weight excluding hydrogens is 341 g/mol. The number of fused-ring (bicyclic) bond motifs is 1. The summed E-state index contributed by atoms with van der Waals surface area (Å²) in [5.74, 6) is 0.117. The molecule has 2 heterocycles. The Morgan fingerprint density at radius 3 is 2.76 bits per heavy atom. The van der Waals surface area contributed by atoms with E-state index in [2.05, 4.69) is 15.3 Å². The summed E-state index contributed by atoms with van der Waals surface area (Å²) in [6, 6.07) is 6.43. The lowest BCUT2D eigenvalue weighted by atomic mass is 10.1. The summed E-state index contributed by atoms with van der Waals surface area (Å²) in [6.45, 7) is 4.63. The summed E-state index contributed by atoms with van der Waals surface area (Å²) >= 11 is 1.31. The molecule has 7 heteroatoms. The predicted molar refractivity (Wildman–Crippen MR) is 96.7 cm³/mol. The van der Waals surface area contributed by atoms with E-state index in [-0.39, 0.29) is 11.8 Å². The monoisotopic (exact) mass is 359 g/mol. The number of carbonyl (C=O) groups is 1. The van der Waals surface area contributed by atoms with Crippen LogP contribution in [0, 0.1) is 12.7 Å². The van der Waals surface area contributed by atoms with Gasteiger partial charge in [0.2, 0.25) is 0 Å². The van der Waals surface area contributed by atoms with Crippen LogP contribution in [-0.4, -0.2) is 29.1 Å². The topological polar surface area (TPSA) is 64.1 Å². The average molecular weight is 359 g/mol. The van der Waals surface area contributed by atoms with Crippen LogP contribution in [0.2, 0.25) is 0 Å². The zero-order valence-corrected chi connectivity index (χ0v) is 14.8. The maximum Gasteiger partial charge on any atom is 0.348 e. The first-order chi connectivity index (χ1) is 12.1. The molecule has 0 saturated heterocycles. The van der Waals surface area contributed by atoms with Gasteiger partial charge >= 0.3 is 5.97 Å². The van der Waals surface area contributed by atoms with Crippen molar-refractivity contribution in [3.8, 4) is 0 Å². The molecule has 0 aliphatic heterocycles. The Labute approximate surface area is 148 Å². The third kappa shape index (κ3) is 3.76. The number of hydrogen-bond donors (Lipinski definition) is 1. The first kappa shape index (κ1) is 17.3. The van der Waals surface area contributed by atoms with Crippen LogP contribution in [0.4, 0.5) is 10.2 Å². The van der Waals surface area contributed by atoms with E-state index in [4.69, 9.17) is 4.74 Å². The zero-order valence-electron chi connectivity index (χ0n) is 14.0. The molecule has 0 fully saturated rings. The van der Waals surface area contributed by atoms with Crippen molar-refractivity contribution in [2.45, 2.75) is 20.3 Å². The molecule has 3 aromatic rings. The van der Waals surface area contributed by atoms with E-state index in [1.807, 2.05) is 6.92 Å². The van der Waals surface area contributed by atoms with Gasteiger partial charge in [-0.2, -0.15) is 0 Å². The highest BCUT2D eigenvalue weighted by Gasteiger charge is 2.19. The van der Waals surface area contributed by atoms with Crippen molar-refractivity contribution in [1.82, 2.24) is 9.97 Å². The van der Waals surface area contributed by atoms with Crippen LogP contribution in [-0.2, 0) is 11.2 Å². The zero-order chi connectivity index (χ0) is 17.8. The third-order valence-corrected chi connectivity index (χ3v) is 4.99. The number of aryl methyl sites for hydroxylation is 1. The fraction of sp³-hybridized carbons (Fsp3) is 0.278. The van der Waals surface area contributed by atoms with Crippen molar-refractivity contribution >= 4 is 33.3 Å². The summed E-state index contributed by atoms with van der Waals surface area (Å²) < 4.78 is 18.0. The number of benzene rings is 1. The molecule has 25 heavy (non-hydrogen) atoms. The second-order valence-corrected chi connectivity index (χ2v) is 6.48. The highest BCUT2D eigenvalue weighted by atomic mass is 32.1. The molecule has 3 rings (SSSR count). The highest BCUT2D eigenvalue weighted by Crippen LogP contribution is 2.33. The fourth-order valence-corrected chi connectivity index (χ4v) is 3.62. The Morgan fingerprint density at radius 1 is 1.28 bits per heavy atom. The average Bonchev–Trinajstić information content (AvgIpc) is 2.95. The lowest BCUT2D eigenvalue weighted by molar-refractivity contribution is 0.0531. The van der Waals surface area contributed by atoms with Crippen LogP contribution in [0.15, 0.2) is 30.6 Å². The molecule has 0 spiro atoms. The maximum absolute atomic E-state index is 12.9. The number of nitrogens with one attached hydrogen (secondary N) is 1. The Hall–Kier alpha value is -2.54. The molecule has 1 aromatic carbocycles. The number of aromatic nitrogens is 2. The van der Waals surface area contributed by atoms with Crippen molar-refractivity contribution in [2.75, 3.05) is 18.5 Å².